The van der Waals surface area contributed by atoms with Gasteiger partial charge in [0.15, 0.2) is 0 Å². The minimum atomic E-state index is 0.841. The van der Waals surface area contributed by atoms with E-state index in [2.05, 4.69) is 48.7 Å². The maximum Gasteiger partial charge on any atom is 0.137 e. The summed E-state index contributed by atoms with van der Waals surface area (Å²) in [7, 11) is 0. The molecule has 1 aromatic carbocycles. The topological polar surface area (TPSA) is 9.23 Å². The Morgan fingerprint density at radius 2 is 1.32 bits per heavy atom. The number of benzene rings is 1. The van der Waals surface area contributed by atoms with E-state index in [1.54, 1.807) is 11.3 Å². The highest BCUT2D eigenvalue weighted by atomic mass is 32.1. The Kier molecular flexibility index (Phi) is 10.4. The van der Waals surface area contributed by atoms with Crippen molar-refractivity contribution in [1.82, 2.24) is 0 Å². The van der Waals surface area contributed by atoms with Crippen molar-refractivity contribution in [2.24, 2.45) is 0 Å². The summed E-state index contributed by atoms with van der Waals surface area (Å²) in [5.41, 5.74) is 1.26. The molecule has 0 radical (unpaired) electrons. The van der Waals surface area contributed by atoms with Crippen LogP contribution in [0.3, 0.4) is 0 Å². The lowest BCUT2D eigenvalue weighted by molar-refractivity contribution is 0.306. The van der Waals surface area contributed by atoms with Crippen molar-refractivity contribution in [2.75, 3.05) is 6.61 Å². The maximum atomic E-state index is 6.02. The Hall–Kier alpha value is -1.28. The Bertz CT molecular complexity index is 546. The standard InChI is InChI=1S/C23H34OS/c1-2-3-4-5-6-7-8-9-10-11-15-19-24-22-18-20-25-23(22)21-16-13-12-14-17-21/h12-14,16-18,20H,2-11,15,19H2,1H3. The Morgan fingerprint density at radius 3 is 1.96 bits per heavy atom. The second-order valence-corrected chi connectivity index (χ2v) is 7.78. The molecule has 1 heterocycles. The van der Waals surface area contributed by atoms with Crippen LogP contribution in [0.15, 0.2) is 41.8 Å². The summed E-state index contributed by atoms with van der Waals surface area (Å²) >= 11 is 1.76. The fourth-order valence-corrected chi connectivity index (χ4v) is 4.00. The summed E-state index contributed by atoms with van der Waals surface area (Å²) in [5.74, 6) is 1.04. The summed E-state index contributed by atoms with van der Waals surface area (Å²) in [6.07, 6.45) is 15.1. The van der Waals surface area contributed by atoms with Gasteiger partial charge >= 0.3 is 0 Å². The van der Waals surface area contributed by atoms with Gasteiger partial charge in [-0.25, -0.2) is 0 Å². The van der Waals surface area contributed by atoms with Gasteiger partial charge in [0.2, 0.25) is 0 Å². The first-order valence-corrected chi connectivity index (χ1v) is 11.1. The van der Waals surface area contributed by atoms with Gasteiger partial charge < -0.3 is 4.74 Å². The van der Waals surface area contributed by atoms with Gasteiger partial charge in [-0.1, -0.05) is 101 Å². The average molecular weight is 359 g/mol. The van der Waals surface area contributed by atoms with Crippen LogP contribution in [0.1, 0.15) is 77.6 Å². The first-order chi connectivity index (χ1) is 12.4. The summed E-state index contributed by atoms with van der Waals surface area (Å²) < 4.78 is 6.02. The molecule has 0 N–H and O–H groups in total. The van der Waals surface area contributed by atoms with E-state index >= 15 is 0 Å². The number of rotatable bonds is 14. The van der Waals surface area contributed by atoms with Crippen molar-refractivity contribution in [2.45, 2.75) is 77.6 Å². The predicted octanol–water partition coefficient (Wildman–Crippen LogP) is 8.10. The van der Waals surface area contributed by atoms with Crippen LogP contribution in [0.5, 0.6) is 5.75 Å². The molecule has 0 atom stereocenters. The maximum absolute atomic E-state index is 6.02. The molecule has 0 spiro atoms. The third-order valence-corrected chi connectivity index (χ3v) is 5.62. The van der Waals surface area contributed by atoms with Crippen LogP contribution < -0.4 is 4.74 Å². The molecule has 138 valence electrons. The molecule has 0 amide bonds. The minimum absolute atomic E-state index is 0.841. The third kappa shape index (κ3) is 8.09. The molecule has 0 saturated heterocycles. The molecule has 1 nitrogen and oxygen atoms in total. The number of hydrogen-bond acceptors (Lipinski definition) is 2. The molecular weight excluding hydrogens is 324 g/mol. The van der Waals surface area contributed by atoms with Gasteiger partial charge in [0.05, 0.1) is 11.5 Å². The molecule has 0 bridgehead atoms. The average Bonchev–Trinajstić information content (AvgIpc) is 3.12. The van der Waals surface area contributed by atoms with Crippen molar-refractivity contribution < 1.29 is 4.74 Å². The van der Waals surface area contributed by atoms with Crippen molar-refractivity contribution in [1.29, 1.82) is 0 Å². The van der Waals surface area contributed by atoms with Gasteiger partial charge in [-0.05, 0) is 23.4 Å². The van der Waals surface area contributed by atoms with Crippen LogP contribution in [0.4, 0.5) is 0 Å². The van der Waals surface area contributed by atoms with Gasteiger partial charge in [-0.2, -0.15) is 0 Å². The van der Waals surface area contributed by atoms with Gasteiger partial charge in [0.25, 0.3) is 0 Å². The highest BCUT2D eigenvalue weighted by Crippen LogP contribution is 2.35. The number of unbranched alkanes of at least 4 members (excludes halogenated alkanes) is 10. The van der Waals surface area contributed by atoms with E-state index in [9.17, 15) is 0 Å². The van der Waals surface area contributed by atoms with E-state index in [0.717, 1.165) is 12.4 Å². The molecule has 0 unspecified atom stereocenters. The van der Waals surface area contributed by atoms with E-state index in [1.165, 1.54) is 81.1 Å². The molecule has 25 heavy (non-hydrogen) atoms. The molecule has 0 aliphatic heterocycles. The normalized spacial score (nSPS) is 10.9. The van der Waals surface area contributed by atoms with Crippen LogP contribution in [0, 0.1) is 0 Å². The zero-order valence-corrected chi connectivity index (χ0v) is 16.7. The lowest BCUT2D eigenvalue weighted by atomic mass is 10.1. The zero-order valence-electron chi connectivity index (χ0n) is 15.8. The number of hydrogen-bond donors (Lipinski definition) is 0. The summed E-state index contributed by atoms with van der Waals surface area (Å²) in [6.45, 7) is 3.12. The molecule has 2 rings (SSSR count). The Morgan fingerprint density at radius 1 is 0.720 bits per heavy atom. The summed E-state index contributed by atoms with van der Waals surface area (Å²) in [4.78, 5) is 1.25. The van der Waals surface area contributed by atoms with Gasteiger partial charge in [0.1, 0.15) is 5.75 Å². The predicted molar refractivity (Wildman–Crippen MR) is 112 cm³/mol. The van der Waals surface area contributed by atoms with Crippen LogP contribution in [0.2, 0.25) is 0 Å². The molecular formula is C23H34OS. The lowest BCUT2D eigenvalue weighted by Crippen LogP contribution is -1.97. The molecule has 1 aromatic heterocycles. The zero-order chi connectivity index (χ0) is 17.6. The van der Waals surface area contributed by atoms with E-state index in [0.29, 0.717) is 0 Å². The second-order valence-electron chi connectivity index (χ2n) is 6.86. The van der Waals surface area contributed by atoms with E-state index in [1.807, 2.05) is 0 Å². The van der Waals surface area contributed by atoms with E-state index < -0.39 is 0 Å². The Balaban J connectivity index is 1.50. The van der Waals surface area contributed by atoms with Crippen molar-refractivity contribution in [3.63, 3.8) is 0 Å². The van der Waals surface area contributed by atoms with Crippen LogP contribution in [-0.4, -0.2) is 6.61 Å². The smallest absolute Gasteiger partial charge is 0.137 e. The summed E-state index contributed by atoms with van der Waals surface area (Å²) in [6, 6.07) is 12.6. The fourth-order valence-electron chi connectivity index (χ4n) is 3.16. The van der Waals surface area contributed by atoms with Gasteiger partial charge in [-0.3, -0.25) is 0 Å². The van der Waals surface area contributed by atoms with Crippen LogP contribution >= 0.6 is 11.3 Å². The van der Waals surface area contributed by atoms with Crippen LogP contribution in [0.25, 0.3) is 10.4 Å². The first kappa shape index (κ1) is 20.0. The quantitative estimate of drug-likeness (QED) is 0.310. The largest absolute Gasteiger partial charge is 0.492 e. The monoisotopic (exact) mass is 358 g/mol. The Labute approximate surface area is 158 Å². The molecule has 2 aromatic rings. The van der Waals surface area contributed by atoms with Crippen molar-refractivity contribution in [3.8, 4) is 16.2 Å². The second kappa shape index (κ2) is 13.0. The molecule has 0 aliphatic carbocycles. The number of ether oxygens (including phenoxy) is 1. The molecule has 0 saturated carbocycles. The van der Waals surface area contributed by atoms with Gasteiger partial charge in [0, 0.05) is 0 Å². The van der Waals surface area contributed by atoms with Gasteiger partial charge in [-0.15, -0.1) is 11.3 Å². The molecule has 2 heteroatoms. The van der Waals surface area contributed by atoms with Crippen molar-refractivity contribution >= 4 is 11.3 Å². The highest BCUT2D eigenvalue weighted by Gasteiger charge is 2.07. The fraction of sp³-hybridized carbons (Fsp3) is 0.565. The summed E-state index contributed by atoms with van der Waals surface area (Å²) in [5, 5.41) is 2.12. The lowest BCUT2D eigenvalue weighted by Gasteiger charge is -2.07. The molecule has 0 aliphatic rings. The molecule has 0 fully saturated rings. The van der Waals surface area contributed by atoms with Crippen LogP contribution in [-0.2, 0) is 0 Å². The number of thiophene rings is 1. The van der Waals surface area contributed by atoms with E-state index in [-0.39, 0.29) is 0 Å². The van der Waals surface area contributed by atoms with E-state index in [4.69, 9.17) is 4.74 Å². The minimum Gasteiger partial charge on any atom is -0.492 e. The first-order valence-electron chi connectivity index (χ1n) is 10.2. The SMILES string of the molecule is CCCCCCCCCCCCCOc1ccsc1-c1ccccc1. The van der Waals surface area contributed by atoms with Crippen molar-refractivity contribution in [3.05, 3.63) is 41.8 Å². The third-order valence-electron chi connectivity index (χ3n) is 4.67. The highest BCUT2D eigenvalue weighted by molar-refractivity contribution is 7.14.